The van der Waals surface area contributed by atoms with Crippen molar-refractivity contribution in [1.29, 1.82) is 0 Å². The third-order valence-electron chi connectivity index (χ3n) is 5.30. The summed E-state index contributed by atoms with van der Waals surface area (Å²) in [6.07, 6.45) is 2.57. The minimum atomic E-state index is -0.182. The Balaban J connectivity index is 1.35. The Bertz CT molecular complexity index is 1170. The molecule has 3 heterocycles. The molecule has 1 atom stereocenters. The fourth-order valence-electron chi connectivity index (χ4n) is 3.87. The smallest absolute Gasteiger partial charge is 0.263 e. The first-order valence-electron chi connectivity index (χ1n) is 9.82. The Morgan fingerprint density at radius 3 is 2.62 bits per heavy atom. The lowest BCUT2D eigenvalue weighted by Gasteiger charge is -2.17. The van der Waals surface area contributed by atoms with Gasteiger partial charge in [-0.15, -0.1) is 0 Å². The van der Waals surface area contributed by atoms with E-state index < -0.39 is 0 Å². The van der Waals surface area contributed by atoms with E-state index in [9.17, 15) is 4.79 Å². The zero-order valence-electron chi connectivity index (χ0n) is 16.0. The number of benzene rings is 2. The van der Waals surface area contributed by atoms with E-state index >= 15 is 0 Å². The van der Waals surface area contributed by atoms with E-state index in [1.165, 1.54) is 5.56 Å². The lowest BCUT2D eigenvalue weighted by atomic mass is 10.2. The van der Waals surface area contributed by atoms with E-state index in [4.69, 9.17) is 0 Å². The van der Waals surface area contributed by atoms with E-state index in [1.54, 1.807) is 10.9 Å². The number of rotatable bonds is 5. The van der Waals surface area contributed by atoms with Gasteiger partial charge >= 0.3 is 0 Å². The van der Waals surface area contributed by atoms with E-state index in [-0.39, 0.29) is 11.6 Å². The van der Waals surface area contributed by atoms with Gasteiger partial charge in [-0.2, -0.15) is 10.1 Å². The van der Waals surface area contributed by atoms with Gasteiger partial charge in [0.15, 0.2) is 5.65 Å². The van der Waals surface area contributed by atoms with Crippen LogP contribution in [-0.4, -0.2) is 43.8 Å². The van der Waals surface area contributed by atoms with Crippen molar-refractivity contribution < 1.29 is 0 Å². The average Bonchev–Trinajstić information content (AvgIpc) is 3.37. The molecule has 0 amide bonds. The predicted molar refractivity (Wildman–Crippen MR) is 113 cm³/mol. The molecule has 29 heavy (non-hydrogen) atoms. The van der Waals surface area contributed by atoms with E-state index in [0.717, 1.165) is 31.7 Å². The summed E-state index contributed by atoms with van der Waals surface area (Å²) in [5.74, 6) is 0.492. The lowest BCUT2D eigenvalue weighted by molar-refractivity contribution is 0.328. The summed E-state index contributed by atoms with van der Waals surface area (Å²) >= 11 is 0. The van der Waals surface area contributed by atoms with Crippen LogP contribution in [0.15, 0.2) is 71.7 Å². The molecule has 7 heteroatoms. The highest BCUT2D eigenvalue weighted by Crippen LogP contribution is 2.18. The van der Waals surface area contributed by atoms with E-state index in [0.29, 0.717) is 17.0 Å². The molecule has 1 aliphatic heterocycles. The van der Waals surface area contributed by atoms with Gasteiger partial charge in [0.2, 0.25) is 5.95 Å². The highest BCUT2D eigenvalue weighted by Gasteiger charge is 2.23. The third-order valence-corrected chi connectivity index (χ3v) is 5.30. The first kappa shape index (κ1) is 17.6. The predicted octanol–water partition coefficient (Wildman–Crippen LogP) is 2.80. The van der Waals surface area contributed by atoms with Crippen LogP contribution >= 0.6 is 0 Å². The molecular formula is C22H22N6O. The summed E-state index contributed by atoms with van der Waals surface area (Å²) in [4.78, 5) is 22.5. The van der Waals surface area contributed by atoms with Crippen LogP contribution in [0.4, 0.5) is 5.95 Å². The van der Waals surface area contributed by atoms with Gasteiger partial charge in [0.05, 0.1) is 11.9 Å². The average molecular weight is 386 g/mol. The van der Waals surface area contributed by atoms with Crippen molar-refractivity contribution >= 4 is 17.0 Å². The second-order valence-corrected chi connectivity index (χ2v) is 7.39. The van der Waals surface area contributed by atoms with Crippen LogP contribution in [-0.2, 0) is 6.54 Å². The van der Waals surface area contributed by atoms with Crippen LogP contribution in [0.1, 0.15) is 12.0 Å². The maximum Gasteiger partial charge on any atom is 0.263 e. The quantitative estimate of drug-likeness (QED) is 0.551. The Morgan fingerprint density at radius 2 is 1.83 bits per heavy atom. The lowest BCUT2D eigenvalue weighted by Crippen LogP contribution is -2.27. The first-order valence-corrected chi connectivity index (χ1v) is 9.82. The number of nitrogens with zero attached hydrogens (tertiary/aromatic N) is 4. The molecule has 0 spiro atoms. The number of nitrogens with one attached hydrogen (secondary N) is 2. The summed E-state index contributed by atoms with van der Waals surface area (Å²) in [6, 6.07) is 20.4. The summed E-state index contributed by atoms with van der Waals surface area (Å²) < 4.78 is 1.70. The van der Waals surface area contributed by atoms with Crippen molar-refractivity contribution in [2.75, 3.05) is 18.4 Å². The second kappa shape index (κ2) is 7.52. The molecule has 0 radical (unpaired) electrons. The largest absolute Gasteiger partial charge is 0.352 e. The number of hydrogen-bond donors (Lipinski definition) is 2. The van der Waals surface area contributed by atoms with Gasteiger partial charge in [-0.1, -0.05) is 48.5 Å². The number of H-pyrrole nitrogens is 1. The number of hydrogen-bond acceptors (Lipinski definition) is 5. The monoisotopic (exact) mass is 386 g/mol. The van der Waals surface area contributed by atoms with Crippen LogP contribution in [0.2, 0.25) is 0 Å². The number of aromatic nitrogens is 4. The maximum absolute atomic E-state index is 12.5. The van der Waals surface area contributed by atoms with Gasteiger partial charge in [0.1, 0.15) is 5.39 Å². The van der Waals surface area contributed by atoms with E-state index in [1.807, 2.05) is 36.4 Å². The Hall–Kier alpha value is -3.45. The van der Waals surface area contributed by atoms with Crippen molar-refractivity contribution in [3.63, 3.8) is 0 Å². The highest BCUT2D eigenvalue weighted by atomic mass is 16.1. The molecule has 146 valence electrons. The topological polar surface area (TPSA) is 78.8 Å². The minimum Gasteiger partial charge on any atom is -0.352 e. The molecule has 0 bridgehead atoms. The van der Waals surface area contributed by atoms with Gasteiger partial charge in [-0.25, -0.2) is 4.68 Å². The zero-order chi connectivity index (χ0) is 19.6. The number of para-hydroxylation sites is 1. The van der Waals surface area contributed by atoms with Gasteiger partial charge < -0.3 is 5.32 Å². The third kappa shape index (κ3) is 3.64. The van der Waals surface area contributed by atoms with Crippen LogP contribution < -0.4 is 10.9 Å². The molecule has 4 aromatic rings. The van der Waals surface area contributed by atoms with Crippen molar-refractivity contribution in [3.8, 4) is 5.69 Å². The molecule has 0 saturated carbocycles. The molecule has 0 aliphatic carbocycles. The molecule has 2 aromatic heterocycles. The maximum atomic E-state index is 12.5. The summed E-state index contributed by atoms with van der Waals surface area (Å²) in [6.45, 7) is 2.86. The highest BCUT2D eigenvalue weighted by molar-refractivity contribution is 5.76. The number of anilines is 1. The normalized spacial score (nSPS) is 17.0. The molecule has 5 rings (SSSR count). The minimum absolute atomic E-state index is 0.182. The summed E-state index contributed by atoms with van der Waals surface area (Å²) in [5.41, 5.74) is 2.56. The number of fused-ring (bicyclic) bond motifs is 1. The molecule has 0 unspecified atom stereocenters. The van der Waals surface area contributed by atoms with Crippen LogP contribution in [0.5, 0.6) is 0 Å². The molecule has 1 aliphatic rings. The van der Waals surface area contributed by atoms with Crippen molar-refractivity contribution in [1.82, 2.24) is 24.6 Å². The zero-order valence-corrected chi connectivity index (χ0v) is 16.0. The Kier molecular flexibility index (Phi) is 4.57. The Morgan fingerprint density at radius 1 is 1.07 bits per heavy atom. The summed E-state index contributed by atoms with van der Waals surface area (Å²) in [7, 11) is 0. The fourth-order valence-corrected chi connectivity index (χ4v) is 3.87. The van der Waals surface area contributed by atoms with E-state index in [2.05, 4.69) is 49.5 Å². The van der Waals surface area contributed by atoms with Crippen LogP contribution in [0.3, 0.4) is 0 Å². The number of likely N-dealkylation sites (tertiary alicyclic amines) is 1. The first-order chi connectivity index (χ1) is 14.3. The molecule has 1 saturated heterocycles. The fraction of sp³-hybridized carbons (Fsp3) is 0.227. The van der Waals surface area contributed by atoms with Crippen molar-refractivity contribution in [2.45, 2.75) is 19.0 Å². The molecule has 1 fully saturated rings. The molecule has 7 nitrogen and oxygen atoms in total. The standard InChI is InChI=1S/C22H22N6O/c29-21-19-13-23-28(18-9-5-2-6-10-18)20(19)25-22(26-21)24-17-11-12-27(15-17)14-16-7-3-1-4-8-16/h1-10,13,17H,11-12,14-15H2,(H2,24,25,26,29)/t17-/m1/s1. The van der Waals surface area contributed by atoms with Gasteiger partial charge in [-0.3, -0.25) is 14.7 Å². The van der Waals surface area contributed by atoms with Crippen LogP contribution in [0, 0.1) is 0 Å². The SMILES string of the molecule is O=c1[nH]c(N[C@@H]2CCN(Cc3ccccc3)C2)nc2c1cnn2-c1ccccc1. The second-order valence-electron chi connectivity index (χ2n) is 7.39. The van der Waals surface area contributed by atoms with Gasteiger partial charge in [0.25, 0.3) is 5.56 Å². The van der Waals surface area contributed by atoms with Gasteiger partial charge in [0, 0.05) is 25.7 Å². The number of aromatic amines is 1. The van der Waals surface area contributed by atoms with Gasteiger partial charge in [-0.05, 0) is 24.1 Å². The molecule has 2 N–H and O–H groups in total. The molecular weight excluding hydrogens is 364 g/mol. The van der Waals surface area contributed by atoms with Crippen molar-refractivity contribution in [3.05, 3.63) is 82.8 Å². The van der Waals surface area contributed by atoms with Crippen molar-refractivity contribution in [2.24, 2.45) is 0 Å². The summed E-state index contributed by atoms with van der Waals surface area (Å²) in [5, 5.41) is 8.25. The Labute approximate surface area is 168 Å². The van der Waals surface area contributed by atoms with Crippen LogP contribution in [0.25, 0.3) is 16.7 Å². The molecule has 2 aromatic carbocycles.